The van der Waals surface area contributed by atoms with E-state index in [-0.39, 0.29) is 11.5 Å². The lowest BCUT2D eigenvalue weighted by molar-refractivity contribution is 0.0502. The molecule has 1 amide bonds. The van der Waals surface area contributed by atoms with Crippen molar-refractivity contribution in [3.8, 4) is 0 Å². The van der Waals surface area contributed by atoms with Crippen LogP contribution in [0.4, 0.5) is 4.79 Å². The van der Waals surface area contributed by atoms with Crippen LogP contribution in [0, 0.1) is 5.41 Å². The summed E-state index contributed by atoms with van der Waals surface area (Å²) in [6.07, 6.45) is 1.48. The van der Waals surface area contributed by atoms with Gasteiger partial charge in [0.15, 0.2) is 0 Å². The van der Waals surface area contributed by atoms with Crippen LogP contribution in [0.25, 0.3) is 0 Å². The first-order valence-corrected chi connectivity index (χ1v) is 7.45. The highest BCUT2D eigenvalue weighted by atomic mass is 16.6. The molecule has 0 radical (unpaired) electrons. The van der Waals surface area contributed by atoms with Gasteiger partial charge >= 0.3 is 6.09 Å². The highest BCUT2D eigenvalue weighted by molar-refractivity contribution is 5.67. The number of nitrogens with two attached hydrogens (primary N) is 1. The van der Waals surface area contributed by atoms with Crippen LogP contribution in [0.15, 0.2) is 30.3 Å². The van der Waals surface area contributed by atoms with Crippen molar-refractivity contribution in [2.75, 3.05) is 13.1 Å². The highest BCUT2D eigenvalue weighted by Gasteiger charge is 2.24. The van der Waals surface area contributed by atoms with Crippen molar-refractivity contribution in [1.29, 1.82) is 0 Å². The fourth-order valence-electron chi connectivity index (χ4n) is 1.95. The van der Waals surface area contributed by atoms with Gasteiger partial charge in [0, 0.05) is 6.54 Å². The van der Waals surface area contributed by atoms with Crippen molar-refractivity contribution in [2.24, 2.45) is 11.1 Å². The summed E-state index contributed by atoms with van der Waals surface area (Å²) in [5.74, 6) is 0. The third-order valence-electron chi connectivity index (χ3n) is 3.41. The highest BCUT2D eigenvalue weighted by Crippen LogP contribution is 2.21. The summed E-state index contributed by atoms with van der Waals surface area (Å²) in [6, 6.07) is 10.3. The van der Waals surface area contributed by atoms with Gasteiger partial charge in [-0.25, -0.2) is 4.79 Å². The molecule has 4 heteroatoms. The normalized spacial score (nSPS) is 14.3. The molecule has 0 heterocycles. The summed E-state index contributed by atoms with van der Waals surface area (Å²) >= 11 is 0. The molecule has 118 valence electrons. The minimum atomic E-state index is -0.479. The van der Waals surface area contributed by atoms with Gasteiger partial charge in [-0.15, -0.1) is 0 Å². The van der Waals surface area contributed by atoms with E-state index in [9.17, 15) is 4.79 Å². The van der Waals surface area contributed by atoms with Gasteiger partial charge in [0.05, 0.1) is 0 Å². The summed E-state index contributed by atoms with van der Waals surface area (Å²) in [7, 11) is 0. The van der Waals surface area contributed by atoms with Gasteiger partial charge in [-0.1, -0.05) is 37.3 Å². The average Bonchev–Trinajstić information content (AvgIpc) is 2.42. The lowest BCUT2D eigenvalue weighted by Crippen LogP contribution is -2.42. The maximum Gasteiger partial charge on any atom is 0.407 e. The van der Waals surface area contributed by atoms with Crippen LogP contribution in [-0.2, 0) is 11.2 Å². The SMILES string of the molecule is CC(CN)(CCc1ccccc1)CNC(=O)OC(C)(C)C. The largest absolute Gasteiger partial charge is 0.444 e. The van der Waals surface area contributed by atoms with E-state index in [1.807, 2.05) is 39.0 Å². The minimum absolute atomic E-state index is 0.132. The van der Waals surface area contributed by atoms with E-state index >= 15 is 0 Å². The monoisotopic (exact) mass is 292 g/mol. The van der Waals surface area contributed by atoms with Crippen LogP contribution in [-0.4, -0.2) is 24.8 Å². The predicted molar refractivity (Wildman–Crippen MR) is 86.2 cm³/mol. The lowest BCUT2D eigenvalue weighted by Gasteiger charge is -2.29. The van der Waals surface area contributed by atoms with E-state index in [0.29, 0.717) is 13.1 Å². The summed E-state index contributed by atoms with van der Waals surface area (Å²) in [5, 5.41) is 2.83. The molecule has 1 unspecified atom stereocenters. The zero-order valence-corrected chi connectivity index (χ0v) is 13.6. The molecule has 1 aromatic carbocycles. The second-order valence-electron chi connectivity index (χ2n) is 6.86. The molecule has 0 aliphatic carbocycles. The first-order valence-electron chi connectivity index (χ1n) is 7.45. The van der Waals surface area contributed by atoms with Gasteiger partial charge in [0.2, 0.25) is 0 Å². The maximum absolute atomic E-state index is 11.7. The van der Waals surface area contributed by atoms with Crippen LogP contribution in [0.1, 0.15) is 39.7 Å². The summed E-state index contributed by atoms with van der Waals surface area (Å²) in [6.45, 7) is 8.69. The van der Waals surface area contributed by atoms with Gasteiger partial charge in [-0.2, -0.15) is 0 Å². The standard InChI is InChI=1S/C17H28N2O2/c1-16(2,3)21-15(20)19-13-17(4,12-18)11-10-14-8-6-5-7-9-14/h5-9H,10-13,18H2,1-4H3,(H,19,20). The third kappa shape index (κ3) is 7.14. The smallest absolute Gasteiger partial charge is 0.407 e. The molecule has 1 rings (SSSR count). The first kappa shape index (κ1) is 17.5. The molecule has 1 atom stereocenters. The maximum atomic E-state index is 11.7. The van der Waals surface area contributed by atoms with Crippen molar-refractivity contribution >= 4 is 6.09 Å². The summed E-state index contributed by atoms with van der Waals surface area (Å²) in [5.41, 5.74) is 6.57. The van der Waals surface area contributed by atoms with E-state index in [0.717, 1.165) is 12.8 Å². The number of hydrogen-bond donors (Lipinski definition) is 2. The number of hydrogen-bond acceptors (Lipinski definition) is 3. The number of carbonyl (C=O) groups is 1. The molecule has 0 saturated carbocycles. The topological polar surface area (TPSA) is 64.3 Å². The van der Waals surface area contributed by atoms with Crippen molar-refractivity contribution in [2.45, 2.75) is 46.1 Å². The number of aryl methyl sites for hydroxylation is 1. The molecule has 3 N–H and O–H groups in total. The fraction of sp³-hybridized carbons (Fsp3) is 0.588. The Balaban J connectivity index is 2.46. The number of ether oxygens (including phenoxy) is 1. The Kier molecular flexibility index (Phi) is 6.21. The Morgan fingerprint density at radius 2 is 1.81 bits per heavy atom. The quantitative estimate of drug-likeness (QED) is 0.846. The number of alkyl carbamates (subject to hydrolysis) is 1. The van der Waals surface area contributed by atoms with Crippen molar-refractivity contribution in [3.05, 3.63) is 35.9 Å². The molecule has 0 bridgehead atoms. The second-order valence-corrected chi connectivity index (χ2v) is 6.86. The van der Waals surface area contributed by atoms with Crippen molar-refractivity contribution in [3.63, 3.8) is 0 Å². The van der Waals surface area contributed by atoms with Crippen LogP contribution >= 0.6 is 0 Å². The van der Waals surface area contributed by atoms with E-state index < -0.39 is 5.60 Å². The van der Waals surface area contributed by atoms with Gasteiger partial charge in [-0.05, 0) is 51.1 Å². The van der Waals surface area contributed by atoms with E-state index in [1.54, 1.807) is 0 Å². The predicted octanol–water partition coefficient (Wildman–Crippen LogP) is 3.11. The Hall–Kier alpha value is -1.55. The van der Waals surface area contributed by atoms with E-state index in [4.69, 9.17) is 10.5 Å². The number of rotatable bonds is 6. The van der Waals surface area contributed by atoms with Crippen LogP contribution in [0.2, 0.25) is 0 Å². The molecule has 4 nitrogen and oxygen atoms in total. The molecule has 0 aliphatic rings. The van der Waals surface area contributed by atoms with Crippen LogP contribution in [0.5, 0.6) is 0 Å². The molecule has 0 aromatic heterocycles. The number of nitrogens with one attached hydrogen (secondary N) is 1. The van der Waals surface area contributed by atoms with Crippen LogP contribution < -0.4 is 11.1 Å². The van der Waals surface area contributed by atoms with Gasteiger partial charge < -0.3 is 15.8 Å². The van der Waals surface area contributed by atoms with Gasteiger partial charge in [-0.3, -0.25) is 0 Å². The second kappa shape index (κ2) is 7.46. The number of amides is 1. The Morgan fingerprint density at radius 1 is 1.19 bits per heavy atom. The van der Waals surface area contributed by atoms with Gasteiger partial charge in [0.1, 0.15) is 5.60 Å². The average molecular weight is 292 g/mol. The Labute approximate surface area is 128 Å². The van der Waals surface area contributed by atoms with Gasteiger partial charge in [0.25, 0.3) is 0 Å². The van der Waals surface area contributed by atoms with E-state index in [2.05, 4.69) is 24.4 Å². The summed E-state index contributed by atoms with van der Waals surface area (Å²) in [4.78, 5) is 11.7. The number of benzene rings is 1. The zero-order chi connectivity index (χ0) is 15.9. The number of carbonyl (C=O) groups excluding carboxylic acids is 1. The molecule has 0 saturated heterocycles. The zero-order valence-electron chi connectivity index (χ0n) is 13.6. The Bertz CT molecular complexity index is 440. The van der Waals surface area contributed by atoms with Crippen LogP contribution in [0.3, 0.4) is 0 Å². The summed E-state index contributed by atoms with van der Waals surface area (Å²) < 4.78 is 5.25. The van der Waals surface area contributed by atoms with Crippen molar-refractivity contribution < 1.29 is 9.53 Å². The molecule has 0 fully saturated rings. The van der Waals surface area contributed by atoms with E-state index in [1.165, 1.54) is 5.56 Å². The molecule has 1 aromatic rings. The molecular formula is C17H28N2O2. The first-order chi connectivity index (χ1) is 9.74. The molecule has 21 heavy (non-hydrogen) atoms. The Morgan fingerprint density at radius 3 is 2.33 bits per heavy atom. The van der Waals surface area contributed by atoms with Crippen molar-refractivity contribution in [1.82, 2.24) is 5.32 Å². The fourth-order valence-corrected chi connectivity index (χ4v) is 1.95. The minimum Gasteiger partial charge on any atom is -0.444 e. The molecular weight excluding hydrogens is 264 g/mol. The molecule has 0 aliphatic heterocycles. The molecule has 0 spiro atoms. The lowest BCUT2D eigenvalue weighted by atomic mass is 9.84. The third-order valence-corrected chi connectivity index (χ3v) is 3.41.